The Morgan fingerprint density at radius 2 is 1.85 bits per heavy atom. The number of ether oxygens (including phenoxy) is 2. The number of hydrogen-bond acceptors (Lipinski definition) is 8. The molecule has 3 aromatic rings. The molecule has 1 N–H and O–H groups in total. The van der Waals surface area contributed by atoms with Gasteiger partial charge in [-0.1, -0.05) is 11.3 Å². The zero-order chi connectivity index (χ0) is 23.8. The fourth-order valence-corrected chi connectivity index (χ4v) is 5.38. The molecule has 0 unspecified atom stereocenters. The lowest BCUT2D eigenvalue weighted by atomic mass is 10.1. The molecule has 1 amide bonds. The lowest BCUT2D eigenvalue weighted by Crippen LogP contribution is -2.42. The summed E-state index contributed by atoms with van der Waals surface area (Å²) in [7, 11) is 0. The van der Waals surface area contributed by atoms with Gasteiger partial charge in [-0.2, -0.15) is 0 Å². The van der Waals surface area contributed by atoms with Crippen LogP contribution in [0.2, 0.25) is 0 Å². The Hall–Kier alpha value is -3.34. The smallest absolute Gasteiger partial charge is 0.333 e. The average molecular weight is 486 g/mol. The normalized spacial score (nSPS) is 15.7. The highest BCUT2D eigenvalue weighted by Crippen LogP contribution is 2.33. The van der Waals surface area contributed by atoms with Crippen LogP contribution >= 0.6 is 11.3 Å². The number of aromatic nitrogens is 3. The van der Waals surface area contributed by atoms with Crippen molar-refractivity contribution < 1.29 is 14.3 Å². The summed E-state index contributed by atoms with van der Waals surface area (Å²) in [5.41, 5.74) is -0.114. The average Bonchev–Trinajstić information content (AvgIpc) is 3.28. The summed E-state index contributed by atoms with van der Waals surface area (Å²) in [5, 5.41) is 3.53. The van der Waals surface area contributed by atoms with E-state index >= 15 is 0 Å². The highest BCUT2D eigenvalue weighted by molar-refractivity contribution is 7.22. The van der Waals surface area contributed by atoms with Crippen LogP contribution in [0.1, 0.15) is 39.2 Å². The number of carbonyl (C=O) groups is 1. The molecule has 1 fully saturated rings. The molecule has 0 aliphatic carbocycles. The number of amides is 1. The number of rotatable bonds is 5. The monoisotopic (exact) mass is 485 g/mol. The topological polar surface area (TPSA) is 108 Å². The number of hydrogen-bond donors (Lipinski definition) is 1. The number of thiazole rings is 1. The summed E-state index contributed by atoms with van der Waals surface area (Å²) >= 11 is 1.29. The number of nitrogens with zero attached hydrogens (tertiary/aromatic N) is 4. The molecule has 5 rings (SSSR count). The van der Waals surface area contributed by atoms with E-state index in [-0.39, 0.29) is 23.8 Å². The maximum Gasteiger partial charge on any atom is 0.333 e. The van der Waals surface area contributed by atoms with Crippen LogP contribution in [0.15, 0.2) is 27.8 Å². The van der Waals surface area contributed by atoms with Crippen molar-refractivity contribution in [2.45, 2.75) is 45.7 Å². The first kappa shape index (κ1) is 22.5. The molecule has 1 saturated heterocycles. The van der Waals surface area contributed by atoms with Crippen LogP contribution in [-0.2, 0) is 11.3 Å². The van der Waals surface area contributed by atoms with Crippen LogP contribution in [0.5, 0.6) is 11.5 Å². The van der Waals surface area contributed by atoms with Crippen molar-refractivity contribution in [1.82, 2.24) is 14.1 Å². The zero-order valence-electron chi connectivity index (χ0n) is 19.2. The maximum absolute atomic E-state index is 13.3. The van der Waals surface area contributed by atoms with Gasteiger partial charge in [-0.25, -0.2) is 9.78 Å². The standard InChI is InChI=1S/C23H27N5O5S/c1-14(2)28-21(30)19-20(25-22(34-19)26-8-4-3-5-9-26)27(23(28)31)13-18(29)24-15-6-7-16-17(12-15)33-11-10-32-16/h6-7,12,14H,3-5,8-11,13H2,1-2H3,(H,24,29). The molecule has 0 saturated carbocycles. The van der Waals surface area contributed by atoms with Gasteiger partial charge in [0.2, 0.25) is 5.91 Å². The predicted molar refractivity (Wildman–Crippen MR) is 131 cm³/mol. The van der Waals surface area contributed by atoms with E-state index in [4.69, 9.17) is 9.47 Å². The van der Waals surface area contributed by atoms with Crippen LogP contribution in [0, 0.1) is 0 Å². The van der Waals surface area contributed by atoms with Crippen LogP contribution in [0.25, 0.3) is 10.3 Å². The molecule has 2 aliphatic heterocycles. The number of nitrogens with one attached hydrogen (secondary N) is 1. The van der Waals surface area contributed by atoms with Gasteiger partial charge in [0, 0.05) is 30.9 Å². The molecular weight excluding hydrogens is 458 g/mol. The molecule has 0 spiro atoms. The summed E-state index contributed by atoms with van der Waals surface area (Å²) in [6.45, 7) is 5.95. The van der Waals surface area contributed by atoms with Gasteiger partial charge in [-0.3, -0.25) is 18.7 Å². The van der Waals surface area contributed by atoms with Gasteiger partial charge in [-0.05, 0) is 45.2 Å². The van der Waals surface area contributed by atoms with Gasteiger partial charge >= 0.3 is 5.69 Å². The second kappa shape index (κ2) is 9.13. The van der Waals surface area contributed by atoms with E-state index in [2.05, 4.69) is 15.2 Å². The third-order valence-corrected chi connectivity index (χ3v) is 7.07. The van der Waals surface area contributed by atoms with E-state index in [0.717, 1.165) is 25.9 Å². The van der Waals surface area contributed by atoms with E-state index in [1.807, 2.05) is 0 Å². The molecule has 0 atom stereocenters. The van der Waals surface area contributed by atoms with E-state index in [1.165, 1.54) is 26.9 Å². The number of fused-ring (bicyclic) bond motifs is 2. The van der Waals surface area contributed by atoms with Gasteiger partial charge in [0.05, 0.1) is 0 Å². The van der Waals surface area contributed by atoms with Gasteiger partial charge in [0.15, 0.2) is 22.3 Å². The Labute approximate surface area is 199 Å². The van der Waals surface area contributed by atoms with E-state index in [9.17, 15) is 14.4 Å². The quantitative estimate of drug-likeness (QED) is 0.592. The van der Waals surface area contributed by atoms with Gasteiger partial charge in [-0.15, -0.1) is 0 Å². The number of benzene rings is 1. The largest absolute Gasteiger partial charge is 0.486 e. The molecule has 1 aromatic carbocycles. The maximum atomic E-state index is 13.3. The molecule has 2 aromatic heterocycles. The van der Waals surface area contributed by atoms with E-state index < -0.39 is 11.6 Å². The lowest BCUT2D eigenvalue weighted by molar-refractivity contribution is -0.116. The molecule has 10 nitrogen and oxygen atoms in total. The Balaban J connectivity index is 1.49. The van der Waals surface area contributed by atoms with Gasteiger partial charge < -0.3 is 19.7 Å². The molecule has 34 heavy (non-hydrogen) atoms. The zero-order valence-corrected chi connectivity index (χ0v) is 20.0. The Morgan fingerprint density at radius 3 is 2.59 bits per heavy atom. The second-order valence-corrected chi connectivity index (χ2v) is 9.72. The minimum atomic E-state index is -0.541. The Kier molecular flexibility index (Phi) is 6.03. The molecule has 11 heteroatoms. The third kappa shape index (κ3) is 4.15. The highest BCUT2D eigenvalue weighted by Gasteiger charge is 2.23. The molecule has 2 aliphatic rings. The van der Waals surface area contributed by atoms with Gasteiger partial charge in [0.1, 0.15) is 24.5 Å². The first-order chi connectivity index (χ1) is 16.4. The van der Waals surface area contributed by atoms with Crippen molar-refractivity contribution in [3.63, 3.8) is 0 Å². The van der Waals surface area contributed by atoms with Crippen LogP contribution in [0.4, 0.5) is 10.8 Å². The number of carbonyl (C=O) groups excluding carboxylic acids is 1. The lowest BCUT2D eigenvalue weighted by Gasteiger charge is -2.25. The molecule has 0 bridgehead atoms. The first-order valence-electron chi connectivity index (χ1n) is 11.5. The van der Waals surface area contributed by atoms with Crippen molar-refractivity contribution in [3.05, 3.63) is 39.0 Å². The van der Waals surface area contributed by atoms with Crippen molar-refractivity contribution >= 4 is 38.4 Å². The first-order valence-corrected chi connectivity index (χ1v) is 12.3. The molecular formula is C23H27N5O5S. The number of piperidine rings is 1. The molecule has 4 heterocycles. The van der Waals surface area contributed by atoms with Crippen LogP contribution in [0.3, 0.4) is 0 Å². The fraction of sp³-hybridized carbons (Fsp3) is 0.478. The summed E-state index contributed by atoms with van der Waals surface area (Å²) in [5.74, 6) is 0.781. The second-order valence-electron chi connectivity index (χ2n) is 8.74. The van der Waals surface area contributed by atoms with Gasteiger partial charge in [0.25, 0.3) is 5.56 Å². The SMILES string of the molecule is CC(C)n1c(=O)c2sc(N3CCCCC3)nc2n(CC(=O)Nc2ccc3c(c2)OCCO3)c1=O. The third-order valence-electron chi connectivity index (χ3n) is 5.97. The summed E-state index contributed by atoms with van der Waals surface area (Å²) in [4.78, 5) is 46.2. The van der Waals surface area contributed by atoms with E-state index in [1.54, 1.807) is 32.0 Å². The fourth-order valence-electron chi connectivity index (χ4n) is 4.32. The molecule has 180 valence electrons. The minimum Gasteiger partial charge on any atom is -0.486 e. The summed E-state index contributed by atoms with van der Waals surface area (Å²) in [6, 6.07) is 4.79. The Morgan fingerprint density at radius 1 is 1.12 bits per heavy atom. The van der Waals surface area contributed by atoms with E-state index in [0.29, 0.717) is 40.2 Å². The van der Waals surface area contributed by atoms with Crippen molar-refractivity contribution in [2.75, 3.05) is 36.5 Å². The van der Waals surface area contributed by atoms with Crippen LogP contribution in [-0.4, -0.2) is 46.3 Å². The van der Waals surface area contributed by atoms with Crippen molar-refractivity contribution in [1.29, 1.82) is 0 Å². The number of anilines is 2. The minimum absolute atomic E-state index is 0.259. The van der Waals surface area contributed by atoms with Crippen molar-refractivity contribution in [3.8, 4) is 11.5 Å². The van der Waals surface area contributed by atoms with Crippen molar-refractivity contribution in [2.24, 2.45) is 0 Å². The summed E-state index contributed by atoms with van der Waals surface area (Å²) < 4.78 is 14.0. The van der Waals surface area contributed by atoms with Crippen LogP contribution < -0.4 is 30.9 Å². The molecule has 0 radical (unpaired) electrons. The highest BCUT2D eigenvalue weighted by atomic mass is 32.1. The Bertz CT molecular complexity index is 1350. The predicted octanol–water partition coefficient (Wildman–Crippen LogP) is 2.60. The summed E-state index contributed by atoms with van der Waals surface area (Å²) in [6.07, 6.45) is 3.31.